The Morgan fingerprint density at radius 2 is 2.08 bits per heavy atom. The van der Waals surface area contributed by atoms with Crippen molar-refractivity contribution in [1.82, 2.24) is 4.98 Å². The first kappa shape index (κ1) is 8.20. The molecule has 0 aliphatic carbocycles. The molecule has 1 aromatic heterocycles. The van der Waals surface area contributed by atoms with Gasteiger partial charge in [0.15, 0.2) is 0 Å². The quantitative estimate of drug-likeness (QED) is 0.749. The predicted molar refractivity (Wildman–Crippen MR) is 54.5 cm³/mol. The van der Waals surface area contributed by atoms with Gasteiger partial charge in [-0.1, -0.05) is 18.2 Å². The van der Waals surface area contributed by atoms with E-state index in [0.29, 0.717) is 6.54 Å². The largest absolute Gasteiger partial charge is 0.330 e. The maximum atomic E-state index is 5.49. The molecule has 13 heavy (non-hydrogen) atoms. The van der Waals surface area contributed by atoms with Crippen molar-refractivity contribution in [2.24, 2.45) is 5.73 Å². The first-order chi connectivity index (χ1) is 6.40. The molecule has 0 aliphatic rings. The van der Waals surface area contributed by atoms with Crippen LogP contribution in [0.4, 0.5) is 0 Å². The molecule has 2 aromatic rings. The number of nitrogens with two attached hydrogens (primary N) is 1. The number of aromatic nitrogens is 1. The molecule has 2 heteroatoms. The molecule has 2 N–H and O–H groups in total. The number of nitrogens with zero attached hydrogens (tertiary/aromatic N) is 1. The summed E-state index contributed by atoms with van der Waals surface area (Å²) >= 11 is 0. The number of rotatable bonds is 2. The van der Waals surface area contributed by atoms with E-state index in [1.165, 1.54) is 16.3 Å². The second kappa shape index (κ2) is 3.54. The molecule has 0 radical (unpaired) electrons. The van der Waals surface area contributed by atoms with Gasteiger partial charge in [-0.25, -0.2) is 0 Å². The van der Waals surface area contributed by atoms with Gasteiger partial charge in [0, 0.05) is 17.8 Å². The van der Waals surface area contributed by atoms with Crippen LogP contribution in [-0.4, -0.2) is 11.5 Å². The Labute approximate surface area is 77.4 Å². The Morgan fingerprint density at radius 3 is 2.92 bits per heavy atom. The van der Waals surface area contributed by atoms with Gasteiger partial charge in [0.05, 0.1) is 0 Å². The standard InChI is InChI=1S/C11H12N2/c12-5-3-9-1-2-11-8-13-6-4-10(11)7-9/h1-2,4,6-8H,3,5,12H2. The minimum atomic E-state index is 0.705. The fraction of sp³-hybridized carbons (Fsp3) is 0.182. The van der Waals surface area contributed by atoms with Crippen molar-refractivity contribution in [3.8, 4) is 0 Å². The van der Waals surface area contributed by atoms with Crippen LogP contribution in [0.3, 0.4) is 0 Å². The van der Waals surface area contributed by atoms with Gasteiger partial charge in [-0.15, -0.1) is 0 Å². The second-order valence-electron chi connectivity index (χ2n) is 3.10. The molecule has 0 saturated carbocycles. The first-order valence-corrected chi connectivity index (χ1v) is 4.43. The third-order valence-electron chi connectivity index (χ3n) is 2.14. The summed E-state index contributed by atoms with van der Waals surface area (Å²) in [6.45, 7) is 0.705. The van der Waals surface area contributed by atoms with E-state index in [0.717, 1.165) is 6.42 Å². The topological polar surface area (TPSA) is 38.9 Å². The van der Waals surface area contributed by atoms with E-state index in [1.54, 1.807) is 0 Å². The molecule has 0 saturated heterocycles. The van der Waals surface area contributed by atoms with Crippen molar-refractivity contribution >= 4 is 10.8 Å². The van der Waals surface area contributed by atoms with Crippen LogP contribution in [0.15, 0.2) is 36.7 Å². The summed E-state index contributed by atoms with van der Waals surface area (Å²) in [6.07, 6.45) is 4.63. The van der Waals surface area contributed by atoms with E-state index in [2.05, 4.69) is 23.2 Å². The molecule has 0 spiro atoms. The van der Waals surface area contributed by atoms with E-state index in [1.807, 2.05) is 18.5 Å². The molecule has 1 aromatic carbocycles. The maximum absolute atomic E-state index is 5.49. The number of hydrogen-bond donors (Lipinski definition) is 1. The van der Waals surface area contributed by atoms with Gasteiger partial charge in [0.2, 0.25) is 0 Å². The average Bonchev–Trinajstić information content (AvgIpc) is 2.18. The van der Waals surface area contributed by atoms with E-state index >= 15 is 0 Å². The van der Waals surface area contributed by atoms with Crippen molar-refractivity contribution in [2.45, 2.75) is 6.42 Å². The van der Waals surface area contributed by atoms with Gasteiger partial charge >= 0.3 is 0 Å². The number of benzene rings is 1. The van der Waals surface area contributed by atoms with E-state index < -0.39 is 0 Å². The molecule has 2 rings (SSSR count). The second-order valence-corrected chi connectivity index (χ2v) is 3.10. The Morgan fingerprint density at radius 1 is 1.15 bits per heavy atom. The van der Waals surface area contributed by atoms with E-state index in [-0.39, 0.29) is 0 Å². The summed E-state index contributed by atoms with van der Waals surface area (Å²) in [5, 5.41) is 2.42. The van der Waals surface area contributed by atoms with Crippen LogP contribution in [0.5, 0.6) is 0 Å². The molecule has 66 valence electrons. The number of pyridine rings is 1. The highest BCUT2D eigenvalue weighted by Crippen LogP contribution is 2.14. The highest BCUT2D eigenvalue weighted by Gasteiger charge is 1.94. The van der Waals surface area contributed by atoms with Gasteiger partial charge in [0.1, 0.15) is 0 Å². The summed E-state index contributed by atoms with van der Waals surface area (Å²) in [4.78, 5) is 4.06. The fourth-order valence-electron chi connectivity index (χ4n) is 1.45. The van der Waals surface area contributed by atoms with Crippen molar-refractivity contribution < 1.29 is 0 Å². The summed E-state index contributed by atoms with van der Waals surface area (Å²) in [5.74, 6) is 0. The normalized spacial score (nSPS) is 10.5. The molecule has 0 bridgehead atoms. The lowest BCUT2D eigenvalue weighted by Gasteiger charge is -2.00. The third kappa shape index (κ3) is 1.68. The predicted octanol–water partition coefficient (Wildman–Crippen LogP) is 1.74. The molecular weight excluding hydrogens is 160 g/mol. The molecule has 2 nitrogen and oxygen atoms in total. The SMILES string of the molecule is NCCc1ccc2cnccc2c1. The van der Waals surface area contributed by atoms with Crippen LogP contribution in [-0.2, 0) is 6.42 Å². The monoisotopic (exact) mass is 172 g/mol. The molecule has 0 amide bonds. The molecule has 0 atom stereocenters. The highest BCUT2D eigenvalue weighted by atomic mass is 14.6. The van der Waals surface area contributed by atoms with Crippen LogP contribution >= 0.6 is 0 Å². The van der Waals surface area contributed by atoms with Gasteiger partial charge in [-0.3, -0.25) is 4.98 Å². The van der Waals surface area contributed by atoms with Crippen LogP contribution < -0.4 is 5.73 Å². The molecule has 1 heterocycles. The van der Waals surface area contributed by atoms with Crippen LogP contribution in [0, 0.1) is 0 Å². The van der Waals surface area contributed by atoms with Gasteiger partial charge < -0.3 is 5.73 Å². The smallest absolute Gasteiger partial charge is 0.0346 e. The average molecular weight is 172 g/mol. The molecular formula is C11H12N2. The van der Waals surface area contributed by atoms with Gasteiger partial charge in [0.25, 0.3) is 0 Å². The summed E-state index contributed by atoms with van der Waals surface area (Å²) in [6, 6.07) is 8.39. The van der Waals surface area contributed by atoms with Crippen molar-refractivity contribution in [3.63, 3.8) is 0 Å². The maximum Gasteiger partial charge on any atom is 0.0346 e. The summed E-state index contributed by atoms with van der Waals surface area (Å²) < 4.78 is 0. The minimum absolute atomic E-state index is 0.705. The Hall–Kier alpha value is -1.41. The van der Waals surface area contributed by atoms with Crippen molar-refractivity contribution in [2.75, 3.05) is 6.54 Å². The Kier molecular flexibility index (Phi) is 2.23. The zero-order chi connectivity index (χ0) is 9.10. The molecule has 0 fully saturated rings. The van der Waals surface area contributed by atoms with E-state index in [4.69, 9.17) is 5.73 Å². The third-order valence-corrected chi connectivity index (χ3v) is 2.14. The first-order valence-electron chi connectivity index (χ1n) is 4.43. The number of fused-ring (bicyclic) bond motifs is 1. The fourth-order valence-corrected chi connectivity index (χ4v) is 1.45. The lowest BCUT2D eigenvalue weighted by atomic mass is 10.1. The lowest BCUT2D eigenvalue weighted by molar-refractivity contribution is 0.971. The van der Waals surface area contributed by atoms with Crippen LogP contribution in [0.2, 0.25) is 0 Å². The van der Waals surface area contributed by atoms with Gasteiger partial charge in [-0.2, -0.15) is 0 Å². The lowest BCUT2D eigenvalue weighted by Crippen LogP contribution is -2.02. The minimum Gasteiger partial charge on any atom is -0.330 e. The van der Waals surface area contributed by atoms with Crippen molar-refractivity contribution in [3.05, 3.63) is 42.2 Å². The molecule has 0 unspecified atom stereocenters. The van der Waals surface area contributed by atoms with Crippen LogP contribution in [0.25, 0.3) is 10.8 Å². The summed E-state index contributed by atoms with van der Waals surface area (Å²) in [7, 11) is 0. The Balaban J connectivity index is 2.49. The van der Waals surface area contributed by atoms with Crippen molar-refractivity contribution in [1.29, 1.82) is 0 Å². The highest BCUT2D eigenvalue weighted by molar-refractivity contribution is 5.81. The molecule has 0 aliphatic heterocycles. The zero-order valence-electron chi connectivity index (χ0n) is 7.40. The van der Waals surface area contributed by atoms with Crippen LogP contribution in [0.1, 0.15) is 5.56 Å². The Bertz CT molecular complexity index is 410. The zero-order valence-corrected chi connectivity index (χ0v) is 7.40. The summed E-state index contributed by atoms with van der Waals surface area (Å²) in [5.41, 5.74) is 6.79. The van der Waals surface area contributed by atoms with Gasteiger partial charge in [-0.05, 0) is 30.0 Å². The van der Waals surface area contributed by atoms with E-state index in [9.17, 15) is 0 Å². The number of hydrogen-bond acceptors (Lipinski definition) is 2.